The molecule has 31 heavy (non-hydrogen) atoms. The monoisotopic (exact) mass is 459 g/mol. The topological polar surface area (TPSA) is 66.4 Å². The molecule has 2 aliphatic carbocycles. The van der Waals surface area contributed by atoms with E-state index in [-0.39, 0.29) is 18.5 Å². The Morgan fingerprint density at radius 3 is 2.52 bits per heavy atom. The highest BCUT2D eigenvalue weighted by molar-refractivity contribution is 6.31. The molecule has 1 fully saturated rings. The Morgan fingerprint density at radius 1 is 1.32 bits per heavy atom. The van der Waals surface area contributed by atoms with Crippen molar-refractivity contribution in [2.75, 3.05) is 5.32 Å². The zero-order valence-corrected chi connectivity index (χ0v) is 17.4. The summed E-state index contributed by atoms with van der Waals surface area (Å²) in [6, 6.07) is 3.79. The maximum absolute atomic E-state index is 14.3. The van der Waals surface area contributed by atoms with Gasteiger partial charge in [-0.1, -0.05) is 36.7 Å². The Hall–Kier alpha value is -2.35. The van der Waals surface area contributed by atoms with Gasteiger partial charge in [-0.15, -0.1) is 0 Å². The van der Waals surface area contributed by atoms with Gasteiger partial charge in [-0.05, 0) is 55.4 Å². The number of amides is 1. The van der Waals surface area contributed by atoms with Crippen LogP contribution in [0, 0.1) is 29.0 Å². The normalized spacial score (nSPS) is 21.7. The molecule has 1 saturated carbocycles. The Kier molecular flexibility index (Phi) is 6.51. The summed E-state index contributed by atoms with van der Waals surface area (Å²) in [5, 5.41) is 12.0. The predicted octanol–water partition coefficient (Wildman–Crippen LogP) is 5.68. The van der Waals surface area contributed by atoms with E-state index in [1.165, 1.54) is 30.4 Å². The van der Waals surface area contributed by atoms with Crippen LogP contribution in [0.15, 0.2) is 41.5 Å². The van der Waals surface area contributed by atoms with Crippen molar-refractivity contribution in [3.63, 3.8) is 0 Å². The number of benzene rings is 1. The fourth-order valence-electron chi connectivity index (χ4n) is 3.88. The maximum atomic E-state index is 14.3. The smallest absolute Gasteiger partial charge is 0.392 e. The number of hydrogen-bond acceptors (Lipinski definition) is 2. The van der Waals surface area contributed by atoms with Crippen molar-refractivity contribution in [3.05, 3.63) is 52.8 Å². The first-order valence-electron chi connectivity index (χ1n) is 9.86. The Labute approximate surface area is 182 Å². The second kappa shape index (κ2) is 8.65. The molecule has 2 aliphatic rings. The van der Waals surface area contributed by atoms with E-state index in [1.807, 2.05) is 0 Å². The van der Waals surface area contributed by atoms with Crippen LogP contribution in [0.25, 0.3) is 0 Å². The number of rotatable bonds is 7. The molecule has 1 unspecified atom stereocenters. The highest BCUT2D eigenvalue weighted by Crippen LogP contribution is 2.49. The highest BCUT2D eigenvalue weighted by Gasteiger charge is 2.50. The molecule has 2 N–H and O–H groups in total. The van der Waals surface area contributed by atoms with E-state index < -0.39 is 47.0 Å². The Morgan fingerprint density at radius 2 is 2.00 bits per heavy atom. The number of carboxylic acid groups (broad SMARTS) is 1. The first-order valence-corrected chi connectivity index (χ1v) is 10.2. The number of carboxylic acids is 1. The van der Waals surface area contributed by atoms with Crippen LogP contribution in [0.3, 0.4) is 0 Å². The summed E-state index contributed by atoms with van der Waals surface area (Å²) in [5.74, 6) is -6.93. The van der Waals surface area contributed by atoms with Gasteiger partial charge in [-0.25, -0.2) is 4.39 Å². The van der Waals surface area contributed by atoms with Gasteiger partial charge in [-0.3, -0.25) is 9.59 Å². The molecule has 1 amide bonds. The molecule has 1 aromatic carbocycles. The highest BCUT2D eigenvalue weighted by atomic mass is 35.5. The van der Waals surface area contributed by atoms with Gasteiger partial charge in [0.05, 0.1) is 22.9 Å². The number of carbonyl (C=O) groups is 2. The average Bonchev–Trinajstić information content (AvgIpc) is 3.46. The zero-order valence-electron chi connectivity index (χ0n) is 16.7. The van der Waals surface area contributed by atoms with Crippen LogP contribution in [-0.4, -0.2) is 23.2 Å². The number of nitrogens with one attached hydrogen (secondary N) is 1. The summed E-state index contributed by atoms with van der Waals surface area (Å²) in [5.41, 5.74) is -0.675. The second-order valence-corrected chi connectivity index (χ2v) is 8.71. The van der Waals surface area contributed by atoms with Gasteiger partial charge in [0.25, 0.3) is 0 Å². The summed E-state index contributed by atoms with van der Waals surface area (Å²) in [6.45, 7) is 0.925. The molecule has 0 bridgehead atoms. The van der Waals surface area contributed by atoms with Crippen molar-refractivity contribution in [2.24, 2.45) is 23.2 Å². The van der Waals surface area contributed by atoms with Crippen molar-refractivity contribution < 1.29 is 32.3 Å². The molecule has 0 saturated heterocycles. The van der Waals surface area contributed by atoms with Gasteiger partial charge >= 0.3 is 12.1 Å². The van der Waals surface area contributed by atoms with Crippen LogP contribution in [0.4, 0.5) is 23.2 Å². The summed E-state index contributed by atoms with van der Waals surface area (Å²) >= 11 is 5.84. The number of allylic oxidation sites excluding steroid dienone is 4. The molecular weight excluding hydrogens is 438 g/mol. The Balaban J connectivity index is 1.83. The summed E-state index contributed by atoms with van der Waals surface area (Å²) in [7, 11) is 0. The van der Waals surface area contributed by atoms with Crippen molar-refractivity contribution in [1.29, 1.82) is 0 Å². The van der Waals surface area contributed by atoms with Gasteiger partial charge < -0.3 is 10.4 Å². The predicted molar refractivity (Wildman–Crippen MR) is 108 cm³/mol. The van der Waals surface area contributed by atoms with Crippen LogP contribution in [0.5, 0.6) is 0 Å². The van der Waals surface area contributed by atoms with Crippen LogP contribution in [-0.2, 0) is 16.0 Å². The standard InChI is InChI=1S/C22H22ClF4NO3/c1-12(22(25,26)27)18(14-3-5-15(23)6-4-14)19(29)28-17-10-13(2-7-16(17)24)11-21(8-9-21)20(30)31/h2-3,5-7,10,12,14,18H,4,8-9,11H2,1H3,(H,28,29)(H,30,31)/t12-,14?,18+/m1/s1. The van der Waals surface area contributed by atoms with Gasteiger partial charge in [0, 0.05) is 5.03 Å². The summed E-state index contributed by atoms with van der Waals surface area (Å²) in [4.78, 5) is 24.3. The number of anilines is 1. The third-order valence-electron chi connectivity index (χ3n) is 6.05. The molecular formula is C22H22ClF4NO3. The lowest BCUT2D eigenvalue weighted by atomic mass is 9.78. The summed E-state index contributed by atoms with van der Waals surface area (Å²) in [6.07, 6.45) is 1.12. The Bertz CT molecular complexity index is 937. The number of hydrogen-bond donors (Lipinski definition) is 2. The molecule has 168 valence electrons. The molecule has 0 radical (unpaired) electrons. The molecule has 0 aliphatic heterocycles. The van der Waals surface area contributed by atoms with Gasteiger partial charge in [0.1, 0.15) is 5.82 Å². The number of aliphatic carboxylic acids is 1. The third kappa shape index (κ3) is 5.29. The van der Waals surface area contributed by atoms with E-state index in [0.29, 0.717) is 23.4 Å². The number of alkyl halides is 3. The maximum Gasteiger partial charge on any atom is 0.392 e. The minimum atomic E-state index is -4.62. The molecule has 0 heterocycles. The molecule has 3 rings (SSSR count). The van der Waals surface area contributed by atoms with E-state index >= 15 is 0 Å². The average molecular weight is 460 g/mol. The van der Waals surface area contributed by atoms with Crippen LogP contribution in [0.2, 0.25) is 0 Å². The van der Waals surface area contributed by atoms with E-state index in [9.17, 15) is 32.3 Å². The quantitative estimate of drug-likeness (QED) is 0.515. The van der Waals surface area contributed by atoms with Gasteiger partial charge in [-0.2, -0.15) is 13.2 Å². The van der Waals surface area contributed by atoms with E-state index in [4.69, 9.17) is 11.6 Å². The van der Waals surface area contributed by atoms with Crippen molar-refractivity contribution in [1.82, 2.24) is 0 Å². The van der Waals surface area contributed by atoms with Crippen molar-refractivity contribution in [2.45, 2.75) is 38.8 Å². The third-order valence-corrected chi connectivity index (χ3v) is 6.33. The molecule has 9 heteroatoms. The van der Waals surface area contributed by atoms with Crippen molar-refractivity contribution in [3.8, 4) is 0 Å². The van der Waals surface area contributed by atoms with E-state index in [0.717, 1.165) is 13.0 Å². The lowest BCUT2D eigenvalue weighted by Gasteiger charge is -2.31. The number of halogens is 5. The summed E-state index contributed by atoms with van der Waals surface area (Å²) < 4.78 is 54.7. The van der Waals surface area contributed by atoms with Crippen LogP contribution < -0.4 is 5.32 Å². The second-order valence-electron chi connectivity index (χ2n) is 8.27. The van der Waals surface area contributed by atoms with Crippen LogP contribution in [0.1, 0.15) is 31.7 Å². The van der Waals surface area contributed by atoms with Gasteiger partial charge in [0.2, 0.25) is 5.91 Å². The SMILES string of the molecule is C[C@H]([C@H](C(=O)Nc1cc(CC2(C(=O)O)CC2)ccc1F)C1C=CC(Cl)=CC1)C(F)(F)F. The largest absolute Gasteiger partial charge is 0.481 e. The molecule has 4 nitrogen and oxygen atoms in total. The minimum Gasteiger partial charge on any atom is -0.481 e. The zero-order chi connectivity index (χ0) is 23.0. The fraction of sp³-hybridized carbons (Fsp3) is 0.455. The van der Waals surface area contributed by atoms with Gasteiger partial charge in [0.15, 0.2) is 0 Å². The number of carbonyl (C=O) groups excluding carboxylic acids is 1. The molecule has 3 atom stereocenters. The minimum absolute atomic E-state index is 0.150. The van der Waals surface area contributed by atoms with E-state index in [2.05, 4.69) is 5.32 Å². The van der Waals surface area contributed by atoms with E-state index in [1.54, 1.807) is 0 Å². The fourth-order valence-corrected chi connectivity index (χ4v) is 4.04. The van der Waals surface area contributed by atoms with Crippen LogP contribution >= 0.6 is 11.6 Å². The first kappa shape index (κ1) is 23.3. The molecule has 1 aromatic rings. The lowest BCUT2D eigenvalue weighted by molar-refractivity contribution is -0.188. The first-order chi connectivity index (χ1) is 14.4. The molecule has 0 aromatic heterocycles. The molecule has 0 spiro atoms. The van der Waals surface area contributed by atoms with Crippen molar-refractivity contribution >= 4 is 29.2 Å². The lowest BCUT2D eigenvalue weighted by Crippen LogP contribution is -2.40.